The molecule has 3 nitrogen and oxygen atoms in total. The van der Waals surface area contributed by atoms with Crippen LogP contribution in [0.25, 0.3) is 10.9 Å². The van der Waals surface area contributed by atoms with Gasteiger partial charge in [-0.25, -0.2) is 0 Å². The summed E-state index contributed by atoms with van der Waals surface area (Å²) in [5, 5.41) is 1.17. The second-order valence-electron chi connectivity index (χ2n) is 4.36. The van der Waals surface area contributed by atoms with Gasteiger partial charge in [0.15, 0.2) is 0 Å². The zero-order chi connectivity index (χ0) is 12.8. The molecule has 1 aromatic carbocycles. The Morgan fingerprint density at radius 1 is 1.33 bits per heavy atom. The van der Waals surface area contributed by atoms with E-state index in [9.17, 15) is 0 Å². The number of allylic oxidation sites excluding steroid dienone is 1. The number of nitrogens with zero attached hydrogens (tertiary/aromatic N) is 1. The van der Waals surface area contributed by atoms with Crippen molar-refractivity contribution in [2.45, 2.75) is 25.3 Å². The first kappa shape index (κ1) is 12.7. The average molecular weight is 241 g/mol. The van der Waals surface area contributed by atoms with Crippen LogP contribution in [0.2, 0.25) is 0 Å². The molecule has 1 heterocycles. The molecule has 3 heteroatoms. The summed E-state index contributed by atoms with van der Waals surface area (Å²) in [7, 11) is 0. The molecule has 18 heavy (non-hydrogen) atoms. The zero-order valence-electron chi connectivity index (χ0n) is 10.5. The second-order valence-corrected chi connectivity index (χ2v) is 4.36. The van der Waals surface area contributed by atoms with Gasteiger partial charge in [-0.15, -0.1) is 6.58 Å². The second kappa shape index (κ2) is 6.28. The van der Waals surface area contributed by atoms with E-state index in [0.29, 0.717) is 0 Å². The first-order valence-corrected chi connectivity index (χ1v) is 6.27. The average Bonchev–Trinajstić information content (AvgIpc) is 2.43. The molecule has 2 aromatic rings. The number of aromatic nitrogens is 1. The third kappa shape index (κ3) is 2.75. The highest BCUT2D eigenvalue weighted by atomic mass is 15.2. The molecule has 0 amide bonds. The first-order chi connectivity index (χ1) is 8.86. The molecular formula is C15H19N3. The summed E-state index contributed by atoms with van der Waals surface area (Å²) in [6.45, 7) is 3.74. The lowest BCUT2D eigenvalue weighted by atomic mass is 9.98. The number of rotatable bonds is 6. The molecule has 1 aromatic heterocycles. The summed E-state index contributed by atoms with van der Waals surface area (Å²) in [6, 6.07) is 10.4. The lowest BCUT2D eigenvalue weighted by molar-refractivity contribution is 0.503. The number of fused-ring (bicyclic) bond motifs is 1. The molecule has 0 aliphatic rings. The van der Waals surface area contributed by atoms with Crippen LogP contribution in [0.1, 0.15) is 30.9 Å². The summed E-state index contributed by atoms with van der Waals surface area (Å²) < 4.78 is 0. The Kier molecular flexibility index (Phi) is 4.45. The third-order valence-corrected chi connectivity index (χ3v) is 3.16. The summed E-state index contributed by atoms with van der Waals surface area (Å²) in [5.74, 6) is 5.68. The fraction of sp³-hybridized carbons (Fsp3) is 0.267. The van der Waals surface area contributed by atoms with Crippen molar-refractivity contribution < 1.29 is 0 Å². The fourth-order valence-electron chi connectivity index (χ4n) is 2.22. The van der Waals surface area contributed by atoms with Crippen molar-refractivity contribution in [3.05, 3.63) is 54.7 Å². The van der Waals surface area contributed by atoms with E-state index in [2.05, 4.69) is 23.1 Å². The van der Waals surface area contributed by atoms with Crippen molar-refractivity contribution in [2.24, 2.45) is 5.84 Å². The lowest BCUT2D eigenvalue weighted by Gasteiger charge is -2.17. The maximum atomic E-state index is 5.68. The Morgan fingerprint density at radius 2 is 2.17 bits per heavy atom. The topological polar surface area (TPSA) is 50.9 Å². The number of hydrazine groups is 1. The van der Waals surface area contributed by atoms with E-state index in [0.717, 1.165) is 24.8 Å². The molecule has 0 saturated heterocycles. The molecular weight excluding hydrogens is 222 g/mol. The van der Waals surface area contributed by atoms with Crippen LogP contribution in [0.4, 0.5) is 0 Å². The summed E-state index contributed by atoms with van der Waals surface area (Å²) in [6.07, 6.45) is 6.88. The molecule has 1 atom stereocenters. The van der Waals surface area contributed by atoms with Gasteiger partial charge in [0.05, 0.1) is 5.52 Å². The highest BCUT2D eigenvalue weighted by molar-refractivity contribution is 5.82. The van der Waals surface area contributed by atoms with Crippen LogP contribution >= 0.6 is 0 Å². The van der Waals surface area contributed by atoms with Crippen LogP contribution in [0.3, 0.4) is 0 Å². The number of nitrogens with one attached hydrogen (secondary N) is 1. The van der Waals surface area contributed by atoms with E-state index >= 15 is 0 Å². The molecule has 2 rings (SSSR count). The van der Waals surface area contributed by atoms with Crippen molar-refractivity contribution >= 4 is 10.9 Å². The van der Waals surface area contributed by atoms with Crippen LogP contribution in [-0.2, 0) is 0 Å². The molecule has 0 fully saturated rings. The number of hydrogen-bond acceptors (Lipinski definition) is 3. The molecule has 0 radical (unpaired) electrons. The highest BCUT2D eigenvalue weighted by Gasteiger charge is 2.12. The van der Waals surface area contributed by atoms with E-state index in [1.54, 1.807) is 0 Å². The Labute approximate surface area is 108 Å². The largest absolute Gasteiger partial charge is 0.271 e. The van der Waals surface area contributed by atoms with Crippen LogP contribution in [-0.4, -0.2) is 4.98 Å². The molecule has 1 unspecified atom stereocenters. The first-order valence-electron chi connectivity index (χ1n) is 6.27. The van der Waals surface area contributed by atoms with Crippen LogP contribution in [0.15, 0.2) is 49.2 Å². The monoisotopic (exact) mass is 241 g/mol. The van der Waals surface area contributed by atoms with Gasteiger partial charge in [-0.05, 0) is 37.0 Å². The molecule has 0 aliphatic carbocycles. The summed E-state index contributed by atoms with van der Waals surface area (Å²) in [5.41, 5.74) is 5.14. The zero-order valence-corrected chi connectivity index (χ0v) is 10.5. The summed E-state index contributed by atoms with van der Waals surface area (Å²) in [4.78, 5) is 4.37. The number of hydrogen-bond donors (Lipinski definition) is 2. The van der Waals surface area contributed by atoms with Gasteiger partial charge in [-0.3, -0.25) is 16.3 Å². The Hall–Kier alpha value is -1.71. The van der Waals surface area contributed by atoms with Gasteiger partial charge in [0, 0.05) is 17.6 Å². The van der Waals surface area contributed by atoms with Crippen molar-refractivity contribution in [3.8, 4) is 0 Å². The van der Waals surface area contributed by atoms with Gasteiger partial charge >= 0.3 is 0 Å². The molecule has 94 valence electrons. The van der Waals surface area contributed by atoms with Crippen LogP contribution in [0, 0.1) is 0 Å². The van der Waals surface area contributed by atoms with Gasteiger partial charge in [0.25, 0.3) is 0 Å². The van der Waals surface area contributed by atoms with Crippen molar-refractivity contribution in [1.29, 1.82) is 0 Å². The van der Waals surface area contributed by atoms with E-state index in [4.69, 9.17) is 5.84 Å². The Morgan fingerprint density at radius 3 is 2.94 bits per heavy atom. The van der Waals surface area contributed by atoms with Crippen LogP contribution < -0.4 is 11.3 Å². The van der Waals surface area contributed by atoms with Crippen molar-refractivity contribution in [2.75, 3.05) is 0 Å². The molecule has 0 aliphatic heterocycles. The normalized spacial score (nSPS) is 12.5. The quantitative estimate of drug-likeness (QED) is 0.353. The van der Waals surface area contributed by atoms with Gasteiger partial charge in [-0.1, -0.05) is 24.3 Å². The number of unbranched alkanes of at least 4 members (excludes halogenated alkanes) is 1. The smallest absolute Gasteiger partial charge is 0.0705 e. The molecule has 0 spiro atoms. The maximum Gasteiger partial charge on any atom is 0.0705 e. The number of pyridine rings is 1. The van der Waals surface area contributed by atoms with E-state index in [1.165, 1.54) is 10.9 Å². The van der Waals surface area contributed by atoms with Crippen molar-refractivity contribution in [1.82, 2.24) is 10.4 Å². The minimum absolute atomic E-state index is 0.165. The van der Waals surface area contributed by atoms with Crippen molar-refractivity contribution in [3.63, 3.8) is 0 Å². The van der Waals surface area contributed by atoms with E-state index in [-0.39, 0.29) is 6.04 Å². The summed E-state index contributed by atoms with van der Waals surface area (Å²) >= 11 is 0. The Balaban J connectivity index is 2.29. The molecule has 3 N–H and O–H groups in total. The number of benzene rings is 1. The van der Waals surface area contributed by atoms with E-state index < -0.39 is 0 Å². The minimum Gasteiger partial charge on any atom is -0.271 e. The number of para-hydroxylation sites is 1. The van der Waals surface area contributed by atoms with E-state index in [1.807, 2.05) is 36.5 Å². The van der Waals surface area contributed by atoms with Crippen LogP contribution in [0.5, 0.6) is 0 Å². The standard InChI is InChI=1S/C15H19N3/c1-2-3-4-9-15(18-16)13-10-11-17-14-8-6-5-7-12(13)14/h2,5-8,10-11,15,18H,1,3-4,9,16H2. The van der Waals surface area contributed by atoms with Gasteiger partial charge in [0.1, 0.15) is 0 Å². The third-order valence-electron chi connectivity index (χ3n) is 3.16. The molecule has 0 bridgehead atoms. The molecule has 0 saturated carbocycles. The SMILES string of the molecule is C=CCCCC(NN)c1ccnc2ccccc12. The Bertz CT molecular complexity index is 517. The van der Waals surface area contributed by atoms with Gasteiger partial charge < -0.3 is 0 Å². The maximum absolute atomic E-state index is 5.68. The predicted molar refractivity (Wildman–Crippen MR) is 75.9 cm³/mol. The number of nitrogens with two attached hydrogens (primary N) is 1. The van der Waals surface area contributed by atoms with Gasteiger partial charge in [0.2, 0.25) is 0 Å². The predicted octanol–water partition coefficient (Wildman–Crippen LogP) is 3.10. The van der Waals surface area contributed by atoms with Gasteiger partial charge in [-0.2, -0.15) is 0 Å². The highest BCUT2D eigenvalue weighted by Crippen LogP contribution is 2.25. The lowest BCUT2D eigenvalue weighted by Crippen LogP contribution is -2.28. The fourth-order valence-corrected chi connectivity index (χ4v) is 2.22. The minimum atomic E-state index is 0.165.